The van der Waals surface area contributed by atoms with Crippen molar-refractivity contribution >= 4 is 0 Å². The van der Waals surface area contributed by atoms with Gasteiger partial charge in [0.1, 0.15) is 0 Å². The molecule has 0 aromatic carbocycles. The maximum absolute atomic E-state index is 7.58. The first-order valence-corrected chi connectivity index (χ1v) is 3.93. The lowest BCUT2D eigenvalue weighted by Crippen LogP contribution is -2.17. The molecule has 0 aliphatic heterocycles. The molecule has 0 amide bonds. The summed E-state index contributed by atoms with van der Waals surface area (Å²) < 4.78 is 0. The first-order chi connectivity index (χ1) is 4.22. The second kappa shape index (κ2) is 4.80. The Morgan fingerprint density at radius 2 is 1.89 bits per heavy atom. The van der Waals surface area contributed by atoms with Gasteiger partial charge < -0.3 is 0 Å². The molecule has 0 heterocycles. The standard InChI is InChI=1S/C8H18N/c1-4-6-8(9)7(3)5-2/h7-9H,4-6H2,1-3H3. The van der Waals surface area contributed by atoms with Crippen LogP contribution in [0.4, 0.5) is 0 Å². The van der Waals surface area contributed by atoms with Gasteiger partial charge in [0.2, 0.25) is 0 Å². The van der Waals surface area contributed by atoms with Crippen LogP contribution in [0.1, 0.15) is 40.0 Å². The van der Waals surface area contributed by atoms with Crippen molar-refractivity contribution in [2.24, 2.45) is 5.92 Å². The van der Waals surface area contributed by atoms with E-state index in [1.807, 2.05) is 0 Å². The molecule has 0 saturated carbocycles. The Bertz CT molecular complexity index is 61.6. The van der Waals surface area contributed by atoms with Gasteiger partial charge in [-0.15, -0.1) is 0 Å². The highest BCUT2D eigenvalue weighted by Gasteiger charge is 2.08. The highest BCUT2D eigenvalue weighted by Crippen LogP contribution is 2.10. The third-order valence-electron chi connectivity index (χ3n) is 1.93. The molecule has 1 nitrogen and oxygen atoms in total. The molecular weight excluding hydrogens is 110 g/mol. The van der Waals surface area contributed by atoms with E-state index in [4.69, 9.17) is 5.73 Å². The van der Waals surface area contributed by atoms with Gasteiger partial charge in [0.05, 0.1) is 0 Å². The third kappa shape index (κ3) is 3.52. The van der Waals surface area contributed by atoms with Gasteiger partial charge in [0, 0.05) is 6.04 Å². The van der Waals surface area contributed by atoms with Gasteiger partial charge in [-0.05, 0) is 12.3 Å². The molecule has 1 N–H and O–H groups in total. The van der Waals surface area contributed by atoms with Crippen LogP contribution in [0.25, 0.3) is 0 Å². The Labute approximate surface area is 58.6 Å². The van der Waals surface area contributed by atoms with Crippen molar-refractivity contribution in [2.45, 2.75) is 46.1 Å². The van der Waals surface area contributed by atoms with E-state index in [1.165, 1.54) is 0 Å². The molecule has 0 bridgehead atoms. The van der Waals surface area contributed by atoms with Gasteiger partial charge in [-0.3, -0.25) is 5.73 Å². The fraction of sp³-hybridized carbons (Fsp3) is 1.00. The van der Waals surface area contributed by atoms with Crippen molar-refractivity contribution in [3.8, 4) is 0 Å². The molecule has 0 spiro atoms. The molecule has 0 aromatic heterocycles. The van der Waals surface area contributed by atoms with Crippen LogP contribution in [0.2, 0.25) is 0 Å². The van der Waals surface area contributed by atoms with E-state index in [-0.39, 0.29) is 6.04 Å². The predicted molar refractivity (Wildman–Crippen MR) is 41.2 cm³/mol. The molecule has 0 fully saturated rings. The zero-order valence-electron chi connectivity index (χ0n) is 6.78. The van der Waals surface area contributed by atoms with E-state index in [9.17, 15) is 0 Å². The number of hydrogen-bond acceptors (Lipinski definition) is 0. The van der Waals surface area contributed by atoms with Crippen LogP contribution in [-0.4, -0.2) is 6.04 Å². The van der Waals surface area contributed by atoms with E-state index in [2.05, 4.69) is 20.8 Å². The molecule has 2 unspecified atom stereocenters. The van der Waals surface area contributed by atoms with Crippen LogP contribution in [0.15, 0.2) is 0 Å². The van der Waals surface area contributed by atoms with Crippen LogP contribution in [0.5, 0.6) is 0 Å². The molecule has 0 saturated heterocycles. The number of rotatable bonds is 4. The van der Waals surface area contributed by atoms with E-state index >= 15 is 0 Å². The molecule has 55 valence electrons. The first-order valence-electron chi connectivity index (χ1n) is 3.93. The Morgan fingerprint density at radius 1 is 1.33 bits per heavy atom. The zero-order valence-corrected chi connectivity index (χ0v) is 6.78. The van der Waals surface area contributed by atoms with E-state index in [0.717, 1.165) is 19.3 Å². The number of nitrogens with one attached hydrogen (secondary N) is 1. The molecule has 1 heteroatoms. The van der Waals surface area contributed by atoms with Crippen LogP contribution in [0.3, 0.4) is 0 Å². The lowest BCUT2D eigenvalue weighted by molar-refractivity contribution is 0.407. The minimum Gasteiger partial charge on any atom is -0.254 e. The molecule has 0 rings (SSSR count). The summed E-state index contributed by atoms with van der Waals surface area (Å²) in [7, 11) is 0. The smallest absolute Gasteiger partial charge is 0.0238 e. The van der Waals surface area contributed by atoms with Gasteiger partial charge in [-0.2, -0.15) is 0 Å². The molecule has 2 atom stereocenters. The minimum atomic E-state index is 0.181. The van der Waals surface area contributed by atoms with E-state index < -0.39 is 0 Å². The van der Waals surface area contributed by atoms with Crippen LogP contribution in [0, 0.1) is 5.92 Å². The molecule has 0 aliphatic rings. The number of hydrogen-bond donors (Lipinski definition) is 0. The summed E-state index contributed by atoms with van der Waals surface area (Å²) in [6.07, 6.45) is 3.36. The van der Waals surface area contributed by atoms with Crippen molar-refractivity contribution in [3.63, 3.8) is 0 Å². The fourth-order valence-electron chi connectivity index (χ4n) is 0.880. The SMILES string of the molecule is CCCC([NH])C(C)CC. The monoisotopic (exact) mass is 128 g/mol. The predicted octanol–water partition coefficient (Wildman–Crippen LogP) is 2.48. The highest BCUT2D eigenvalue weighted by molar-refractivity contribution is 4.65. The average molecular weight is 128 g/mol. The van der Waals surface area contributed by atoms with Crippen molar-refractivity contribution in [3.05, 3.63) is 0 Å². The Balaban J connectivity index is 3.32. The summed E-state index contributed by atoms with van der Waals surface area (Å²) in [5, 5.41) is 0. The maximum Gasteiger partial charge on any atom is 0.0238 e. The van der Waals surface area contributed by atoms with Crippen molar-refractivity contribution in [1.82, 2.24) is 5.73 Å². The summed E-state index contributed by atoms with van der Waals surface area (Å²) in [6, 6.07) is 0.181. The lowest BCUT2D eigenvalue weighted by atomic mass is 9.96. The zero-order chi connectivity index (χ0) is 7.28. The average Bonchev–Trinajstić information content (AvgIpc) is 1.87. The largest absolute Gasteiger partial charge is 0.254 e. The molecule has 9 heavy (non-hydrogen) atoms. The summed E-state index contributed by atoms with van der Waals surface area (Å²) >= 11 is 0. The van der Waals surface area contributed by atoms with Gasteiger partial charge in [0.25, 0.3) is 0 Å². The van der Waals surface area contributed by atoms with E-state index in [0.29, 0.717) is 5.92 Å². The second-order valence-corrected chi connectivity index (χ2v) is 2.78. The topological polar surface area (TPSA) is 23.8 Å². The quantitative estimate of drug-likeness (QED) is 0.555. The van der Waals surface area contributed by atoms with Crippen LogP contribution >= 0.6 is 0 Å². The summed E-state index contributed by atoms with van der Waals surface area (Å²) in [4.78, 5) is 0. The van der Waals surface area contributed by atoms with Gasteiger partial charge in [0.15, 0.2) is 0 Å². The Kier molecular flexibility index (Phi) is 4.78. The normalized spacial score (nSPS) is 17.3. The Hall–Kier alpha value is -0.0400. The fourth-order valence-corrected chi connectivity index (χ4v) is 0.880. The van der Waals surface area contributed by atoms with Crippen molar-refractivity contribution in [1.29, 1.82) is 0 Å². The molecule has 1 radical (unpaired) electrons. The van der Waals surface area contributed by atoms with Crippen LogP contribution < -0.4 is 5.73 Å². The second-order valence-electron chi connectivity index (χ2n) is 2.78. The minimum absolute atomic E-state index is 0.181. The van der Waals surface area contributed by atoms with Crippen molar-refractivity contribution < 1.29 is 0 Å². The summed E-state index contributed by atoms with van der Waals surface area (Å²) in [5.41, 5.74) is 7.58. The van der Waals surface area contributed by atoms with Gasteiger partial charge in [-0.25, -0.2) is 0 Å². The first kappa shape index (κ1) is 8.96. The van der Waals surface area contributed by atoms with Gasteiger partial charge >= 0.3 is 0 Å². The highest BCUT2D eigenvalue weighted by atomic mass is 14.6. The summed E-state index contributed by atoms with van der Waals surface area (Å²) in [5.74, 6) is 0.588. The maximum atomic E-state index is 7.58. The Morgan fingerprint density at radius 3 is 2.22 bits per heavy atom. The third-order valence-corrected chi connectivity index (χ3v) is 1.93. The summed E-state index contributed by atoms with van der Waals surface area (Å²) in [6.45, 7) is 6.46. The van der Waals surface area contributed by atoms with E-state index in [1.54, 1.807) is 0 Å². The molecular formula is C8H18N. The van der Waals surface area contributed by atoms with Crippen LogP contribution in [-0.2, 0) is 0 Å². The molecule has 0 aliphatic carbocycles. The van der Waals surface area contributed by atoms with Gasteiger partial charge in [-0.1, -0.05) is 33.6 Å². The van der Waals surface area contributed by atoms with Crippen molar-refractivity contribution in [2.75, 3.05) is 0 Å². The lowest BCUT2D eigenvalue weighted by Gasteiger charge is -2.15. The molecule has 0 aromatic rings.